The molecule has 0 spiro atoms. The predicted molar refractivity (Wildman–Crippen MR) is 108 cm³/mol. The van der Waals surface area contributed by atoms with Gasteiger partial charge in [0.15, 0.2) is 0 Å². The number of halogens is 1. The van der Waals surface area contributed by atoms with Gasteiger partial charge in [0.25, 0.3) is 0 Å². The van der Waals surface area contributed by atoms with Crippen LogP contribution in [-0.2, 0) is 4.79 Å². The summed E-state index contributed by atoms with van der Waals surface area (Å²) in [5.41, 5.74) is 4.73. The van der Waals surface area contributed by atoms with E-state index in [0.29, 0.717) is 0 Å². The summed E-state index contributed by atoms with van der Waals surface area (Å²) in [5, 5.41) is 0. The number of benzene rings is 2. The van der Waals surface area contributed by atoms with Crippen molar-refractivity contribution in [2.45, 2.75) is 13.8 Å². The van der Waals surface area contributed by atoms with E-state index >= 15 is 0 Å². The standard InChI is InChI=1S/C21H23BrN2O/c1-16-4-3-5-19(14-16)23-10-12-24(13-11-23)21(25)9-8-18-7-6-17(2)15-20(18)22/h3-9,14-15H,10-13H2,1-2H3/b9-8+. The molecular formula is C21H23BrN2O. The Hall–Kier alpha value is -2.07. The number of rotatable bonds is 3. The van der Waals surface area contributed by atoms with E-state index < -0.39 is 0 Å². The van der Waals surface area contributed by atoms with E-state index in [-0.39, 0.29) is 5.91 Å². The van der Waals surface area contributed by atoms with E-state index in [1.807, 2.05) is 17.0 Å². The molecule has 3 nitrogen and oxygen atoms in total. The minimum Gasteiger partial charge on any atom is -0.368 e. The molecule has 1 aliphatic heterocycles. The molecule has 25 heavy (non-hydrogen) atoms. The lowest BCUT2D eigenvalue weighted by atomic mass is 10.1. The Morgan fingerprint density at radius 1 is 1.00 bits per heavy atom. The summed E-state index contributed by atoms with van der Waals surface area (Å²) < 4.78 is 1.01. The summed E-state index contributed by atoms with van der Waals surface area (Å²) in [7, 11) is 0. The molecule has 1 amide bonds. The number of hydrogen-bond donors (Lipinski definition) is 0. The highest BCUT2D eigenvalue weighted by Gasteiger charge is 2.19. The molecule has 1 fully saturated rings. The first-order valence-electron chi connectivity index (χ1n) is 8.58. The molecule has 1 heterocycles. The van der Waals surface area contributed by atoms with Crippen molar-refractivity contribution >= 4 is 33.6 Å². The van der Waals surface area contributed by atoms with Gasteiger partial charge in [-0.15, -0.1) is 0 Å². The minimum absolute atomic E-state index is 0.0800. The number of piperazine rings is 1. The highest BCUT2D eigenvalue weighted by atomic mass is 79.9. The molecule has 2 aromatic rings. The normalized spacial score (nSPS) is 15.0. The van der Waals surface area contributed by atoms with E-state index in [9.17, 15) is 4.79 Å². The largest absolute Gasteiger partial charge is 0.368 e. The van der Waals surface area contributed by atoms with E-state index in [1.165, 1.54) is 16.8 Å². The van der Waals surface area contributed by atoms with Crippen molar-refractivity contribution in [1.82, 2.24) is 4.90 Å². The SMILES string of the molecule is Cc1cccc(N2CCN(C(=O)/C=C/c3ccc(C)cc3Br)CC2)c1. The Labute approximate surface area is 158 Å². The fourth-order valence-corrected chi connectivity index (χ4v) is 3.67. The Balaban J connectivity index is 1.59. The lowest BCUT2D eigenvalue weighted by Crippen LogP contribution is -2.48. The number of carbonyl (C=O) groups excluding carboxylic acids is 1. The third-order valence-corrected chi connectivity index (χ3v) is 5.21. The molecule has 0 bridgehead atoms. The van der Waals surface area contributed by atoms with Crippen LogP contribution < -0.4 is 4.90 Å². The van der Waals surface area contributed by atoms with Crippen LogP contribution in [0.3, 0.4) is 0 Å². The molecule has 0 atom stereocenters. The second kappa shape index (κ2) is 7.87. The van der Waals surface area contributed by atoms with Crippen LogP contribution in [0.1, 0.15) is 16.7 Å². The molecule has 1 aliphatic rings. The first-order chi connectivity index (χ1) is 12.0. The van der Waals surface area contributed by atoms with E-state index in [2.05, 4.69) is 71.1 Å². The first kappa shape index (κ1) is 17.7. The van der Waals surface area contributed by atoms with Gasteiger partial charge in [-0.2, -0.15) is 0 Å². The molecule has 0 aliphatic carbocycles. The van der Waals surface area contributed by atoms with Crippen molar-refractivity contribution in [3.8, 4) is 0 Å². The van der Waals surface area contributed by atoms with Gasteiger partial charge in [-0.1, -0.05) is 40.2 Å². The molecule has 130 valence electrons. The maximum atomic E-state index is 12.5. The van der Waals surface area contributed by atoms with Crippen LogP contribution >= 0.6 is 15.9 Å². The summed E-state index contributed by atoms with van der Waals surface area (Å²) in [5.74, 6) is 0.0800. The van der Waals surface area contributed by atoms with Crippen molar-refractivity contribution in [1.29, 1.82) is 0 Å². The van der Waals surface area contributed by atoms with E-state index in [1.54, 1.807) is 6.08 Å². The topological polar surface area (TPSA) is 23.6 Å². The number of nitrogens with zero attached hydrogens (tertiary/aromatic N) is 2. The lowest BCUT2D eigenvalue weighted by Gasteiger charge is -2.35. The summed E-state index contributed by atoms with van der Waals surface area (Å²) in [4.78, 5) is 16.7. The average Bonchev–Trinajstić information content (AvgIpc) is 2.61. The van der Waals surface area contributed by atoms with Gasteiger partial charge in [0.05, 0.1) is 0 Å². The number of hydrogen-bond acceptors (Lipinski definition) is 2. The number of carbonyl (C=O) groups is 1. The molecule has 2 aromatic carbocycles. The van der Waals surface area contributed by atoms with Crippen LogP contribution in [-0.4, -0.2) is 37.0 Å². The van der Waals surface area contributed by atoms with Gasteiger partial charge in [0.2, 0.25) is 5.91 Å². The van der Waals surface area contributed by atoms with Gasteiger partial charge in [-0.05, 0) is 54.8 Å². The smallest absolute Gasteiger partial charge is 0.246 e. The first-order valence-corrected chi connectivity index (χ1v) is 9.37. The maximum absolute atomic E-state index is 12.5. The fraction of sp³-hybridized carbons (Fsp3) is 0.286. The Bertz CT molecular complexity index is 792. The Morgan fingerprint density at radius 3 is 2.40 bits per heavy atom. The molecule has 0 N–H and O–H groups in total. The number of anilines is 1. The second-order valence-corrected chi connectivity index (χ2v) is 7.36. The Morgan fingerprint density at radius 2 is 1.72 bits per heavy atom. The molecule has 0 saturated carbocycles. The van der Waals surface area contributed by atoms with Gasteiger partial charge in [-0.3, -0.25) is 4.79 Å². The van der Waals surface area contributed by atoms with Crippen LogP contribution in [0.2, 0.25) is 0 Å². The molecule has 4 heteroatoms. The highest BCUT2D eigenvalue weighted by Crippen LogP contribution is 2.20. The van der Waals surface area contributed by atoms with E-state index in [4.69, 9.17) is 0 Å². The monoisotopic (exact) mass is 398 g/mol. The molecule has 0 radical (unpaired) electrons. The summed E-state index contributed by atoms with van der Waals surface area (Å²) >= 11 is 3.55. The molecular weight excluding hydrogens is 376 g/mol. The van der Waals surface area contributed by atoms with Gasteiger partial charge >= 0.3 is 0 Å². The van der Waals surface area contributed by atoms with Crippen LogP contribution in [0.25, 0.3) is 6.08 Å². The summed E-state index contributed by atoms with van der Waals surface area (Å²) in [6, 6.07) is 14.7. The highest BCUT2D eigenvalue weighted by molar-refractivity contribution is 9.10. The molecule has 1 saturated heterocycles. The molecule has 3 rings (SSSR count). The van der Waals surface area contributed by atoms with Crippen molar-refractivity contribution in [2.75, 3.05) is 31.1 Å². The number of aryl methyl sites for hydroxylation is 2. The quantitative estimate of drug-likeness (QED) is 0.713. The van der Waals surface area contributed by atoms with Gasteiger partial charge in [0, 0.05) is 42.4 Å². The molecule has 0 unspecified atom stereocenters. The number of amides is 1. The van der Waals surface area contributed by atoms with Gasteiger partial charge in [-0.25, -0.2) is 0 Å². The molecule has 0 aromatic heterocycles. The second-order valence-electron chi connectivity index (χ2n) is 6.51. The van der Waals surface area contributed by atoms with Crippen molar-refractivity contribution in [3.63, 3.8) is 0 Å². The van der Waals surface area contributed by atoms with Crippen LogP contribution in [0.4, 0.5) is 5.69 Å². The Kier molecular flexibility index (Phi) is 5.59. The van der Waals surface area contributed by atoms with Crippen LogP contribution in [0.15, 0.2) is 53.0 Å². The zero-order valence-electron chi connectivity index (χ0n) is 14.7. The summed E-state index contributed by atoms with van der Waals surface area (Å²) in [6.07, 6.45) is 3.57. The van der Waals surface area contributed by atoms with Crippen molar-refractivity contribution < 1.29 is 4.79 Å². The van der Waals surface area contributed by atoms with Gasteiger partial charge in [0.1, 0.15) is 0 Å². The van der Waals surface area contributed by atoms with Crippen LogP contribution in [0.5, 0.6) is 0 Å². The average molecular weight is 399 g/mol. The minimum atomic E-state index is 0.0800. The van der Waals surface area contributed by atoms with Crippen molar-refractivity contribution in [2.24, 2.45) is 0 Å². The zero-order valence-corrected chi connectivity index (χ0v) is 16.3. The van der Waals surface area contributed by atoms with Crippen molar-refractivity contribution in [3.05, 3.63) is 69.7 Å². The third kappa shape index (κ3) is 4.51. The van der Waals surface area contributed by atoms with Crippen LogP contribution in [0, 0.1) is 13.8 Å². The van der Waals surface area contributed by atoms with E-state index in [0.717, 1.165) is 36.2 Å². The maximum Gasteiger partial charge on any atom is 0.246 e. The zero-order chi connectivity index (χ0) is 17.8. The lowest BCUT2D eigenvalue weighted by molar-refractivity contribution is -0.126. The predicted octanol–water partition coefficient (Wildman–Crippen LogP) is 4.43. The third-order valence-electron chi connectivity index (χ3n) is 4.52. The summed E-state index contributed by atoms with van der Waals surface area (Å²) in [6.45, 7) is 7.42. The fourth-order valence-electron chi connectivity index (χ4n) is 3.04. The van der Waals surface area contributed by atoms with Gasteiger partial charge < -0.3 is 9.80 Å².